The summed E-state index contributed by atoms with van der Waals surface area (Å²) >= 11 is 0. The molecule has 1 amide bonds. The van der Waals surface area contributed by atoms with Crippen LogP contribution in [0.3, 0.4) is 0 Å². The van der Waals surface area contributed by atoms with Gasteiger partial charge in [-0.25, -0.2) is 17.5 Å². The number of hydrogen-bond acceptors (Lipinski definition) is 4. The van der Waals surface area contributed by atoms with Crippen LogP contribution in [0.1, 0.15) is 49.7 Å². The first-order valence-corrected chi connectivity index (χ1v) is 10.8. The number of hydrogen-bond donors (Lipinski definition) is 2. The molecule has 0 saturated carbocycles. The third-order valence-corrected chi connectivity index (χ3v) is 5.97. The number of ether oxygens (including phenoxy) is 1. The van der Waals surface area contributed by atoms with E-state index in [0.29, 0.717) is 0 Å². The molecular weight excluding hydrogens is 395 g/mol. The molecule has 0 aromatic heterocycles. The summed E-state index contributed by atoms with van der Waals surface area (Å²) in [7, 11) is -2.49. The van der Waals surface area contributed by atoms with Gasteiger partial charge in [-0.3, -0.25) is 4.79 Å². The highest BCUT2D eigenvalue weighted by Crippen LogP contribution is 2.27. The lowest BCUT2D eigenvalue weighted by atomic mass is 9.95. The van der Waals surface area contributed by atoms with Crippen LogP contribution in [-0.4, -0.2) is 27.5 Å². The predicted octanol–water partition coefficient (Wildman–Crippen LogP) is 3.65. The molecule has 0 radical (unpaired) electrons. The van der Waals surface area contributed by atoms with E-state index < -0.39 is 15.9 Å². The van der Waals surface area contributed by atoms with Crippen molar-refractivity contribution in [2.24, 2.45) is 5.92 Å². The maximum absolute atomic E-state index is 13.2. The normalized spacial score (nSPS) is 12.8. The minimum atomic E-state index is -3.86. The van der Waals surface area contributed by atoms with Crippen molar-refractivity contribution in [2.75, 3.05) is 7.11 Å². The standard InChI is InChI=1S/C21H27FN2O4S/c1-13(2)20(15-6-9-17(22)10-7-15)23-21(25)16-8-11-18(28-5)19(12-16)29(26,27)24-14(3)4/h6-14,20,24H,1-5H3,(H,23,25)/t20-/m0/s1. The van der Waals surface area contributed by atoms with Crippen molar-refractivity contribution in [1.82, 2.24) is 10.0 Å². The zero-order chi connectivity index (χ0) is 21.8. The molecule has 0 heterocycles. The molecule has 2 rings (SSSR count). The van der Waals surface area contributed by atoms with Crippen molar-refractivity contribution in [2.45, 2.75) is 44.7 Å². The lowest BCUT2D eigenvalue weighted by Gasteiger charge is -2.23. The Bertz CT molecular complexity index is 957. The second kappa shape index (κ2) is 9.37. The van der Waals surface area contributed by atoms with Crippen molar-refractivity contribution in [3.63, 3.8) is 0 Å². The third-order valence-electron chi connectivity index (χ3n) is 4.29. The summed E-state index contributed by atoms with van der Waals surface area (Å²) < 4.78 is 46.1. The van der Waals surface area contributed by atoms with Crippen molar-refractivity contribution in [3.05, 3.63) is 59.4 Å². The number of methoxy groups -OCH3 is 1. The van der Waals surface area contributed by atoms with E-state index in [4.69, 9.17) is 4.74 Å². The Hall–Kier alpha value is -2.45. The van der Waals surface area contributed by atoms with E-state index in [1.54, 1.807) is 26.0 Å². The van der Waals surface area contributed by atoms with Gasteiger partial charge in [-0.2, -0.15) is 0 Å². The first-order valence-electron chi connectivity index (χ1n) is 9.32. The summed E-state index contributed by atoms with van der Waals surface area (Å²) in [6.07, 6.45) is 0. The summed E-state index contributed by atoms with van der Waals surface area (Å²) in [5.41, 5.74) is 0.945. The topological polar surface area (TPSA) is 84.5 Å². The molecule has 0 bridgehead atoms. The van der Waals surface area contributed by atoms with Gasteiger partial charge >= 0.3 is 0 Å². The van der Waals surface area contributed by atoms with Gasteiger partial charge in [0.15, 0.2) is 0 Å². The van der Waals surface area contributed by atoms with Gasteiger partial charge in [0.2, 0.25) is 10.0 Å². The highest BCUT2D eigenvalue weighted by atomic mass is 32.2. The maximum atomic E-state index is 13.2. The third kappa shape index (κ3) is 5.77. The van der Waals surface area contributed by atoms with Crippen LogP contribution in [0.2, 0.25) is 0 Å². The van der Waals surface area contributed by atoms with E-state index in [1.807, 2.05) is 13.8 Å². The average molecular weight is 423 g/mol. The number of nitrogens with one attached hydrogen (secondary N) is 2. The van der Waals surface area contributed by atoms with Crippen LogP contribution >= 0.6 is 0 Å². The summed E-state index contributed by atoms with van der Waals surface area (Å²) in [4.78, 5) is 12.8. The van der Waals surface area contributed by atoms with Gasteiger partial charge in [0.1, 0.15) is 16.5 Å². The van der Waals surface area contributed by atoms with Gasteiger partial charge in [-0.05, 0) is 55.7 Å². The minimum Gasteiger partial charge on any atom is -0.495 e. The number of benzene rings is 2. The first-order chi connectivity index (χ1) is 13.5. The van der Waals surface area contributed by atoms with Crippen LogP contribution < -0.4 is 14.8 Å². The monoisotopic (exact) mass is 422 g/mol. The number of sulfonamides is 1. The van der Waals surface area contributed by atoms with Crippen molar-refractivity contribution in [3.8, 4) is 5.75 Å². The predicted molar refractivity (Wildman–Crippen MR) is 110 cm³/mol. The Labute approximate surface area is 171 Å². The fourth-order valence-corrected chi connectivity index (χ4v) is 4.38. The van der Waals surface area contributed by atoms with Crippen LogP contribution in [0.15, 0.2) is 47.4 Å². The molecule has 1 atom stereocenters. The zero-order valence-corrected chi connectivity index (χ0v) is 18.0. The summed E-state index contributed by atoms with van der Waals surface area (Å²) in [5, 5.41) is 2.91. The van der Waals surface area contributed by atoms with Gasteiger partial charge < -0.3 is 10.1 Å². The Morgan fingerprint density at radius 3 is 2.17 bits per heavy atom. The molecule has 0 spiro atoms. The van der Waals surface area contributed by atoms with E-state index in [1.165, 1.54) is 37.4 Å². The maximum Gasteiger partial charge on any atom is 0.251 e. The van der Waals surface area contributed by atoms with Gasteiger partial charge in [-0.15, -0.1) is 0 Å². The Kier molecular flexibility index (Phi) is 7.37. The SMILES string of the molecule is COc1ccc(C(=O)N[C@H](c2ccc(F)cc2)C(C)C)cc1S(=O)(=O)NC(C)C. The van der Waals surface area contributed by atoms with Gasteiger partial charge in [0.25, 0.3) is 5.91 Å². The minimum absolute atomic E-state index is 0.0356. The Balaban J connectivity index is 2.37. The summed E-state index contributed by atoms with van der Waals surface area (Å²) in [6, 6.07) is 9.49. The van der Waals surface area contributed by atoms with E-state index in [-0.39, 0.29) is 40.0 Å². The van der Waals surface area contributed by atoms with Gasteiger partial charge in [0.05, 0.1) is 13.2 Å². The molecule has 29 heavy (non-hydrogen) atoms. The molecule has 0 aliphatic rings. The number of carbonyl (C=O) groups excluding carboxylic acids is 1. The van der Waals surface area contributed by atoms with E-state index in [0.717, 1.165) is 5.56 Å². The highest BCUT2D eigenvalue weighted by molar-refractivity contribution is 7.89. The number of carbonyl (C=O) groups is 1. The molecule has 158 valence electrons. The molecule has 8 heteroatoms. The summed E-state index contributed by atoms with van der Waals surface area (Å²) in [5.74, 6) is -0.607. The number of amides is 1. The quantitative estimate of drug-likeness (QED) is 0.680. The molecular formula is C21H27FN2O4S. The molecule has 0 aliphatic heterocycles. The molecule has 2 aromatic carbocycles. The van der Waals surface area contributed by atoms with Crippen molar-refractivity contribution >= 4 is 15.9 Å². The lowest BCUT2D eigenvalue weighted by Crippen LogP contribution is -2.33. The number of halogens is 1. The van der Waals surface area contributed by atoms with Crippen LogP contribution in [0.5, 0.6) is 5.75 Å². The molecule has 0 aliphatic carbocycles. The zero-order valence-electron chi connectivity index (χ0n) is 17.2. The fourth-order valence-electron chi connectivity index (χ4n) is 2.93. The Morgan fingerprint density at radius 2 is 1.66 bits per heavy atom. The molecule has 2 N–H and O–H groups in total. The second-order valence-electron chi connectivity index (χ2n) is 7.39. The van der Waals surface area contributed by atoms with Crippen molar-refractivity contribution < 1.29 is 22.3 Å². The molecule has 0 unspecified atom stereocenters. The van der Waals surface area contributed by atoms with E-state index in [9.17, 15) is 17.6 Å². The average Bonchev–Trinajstić information content (AvgIpc) is 2.65. The van der Waals surface area contributed by atoms with Crippen LogP contribution in [0, 0.1) is 11.7 Å². The lowest BCUT2D eigenvalue weighted by molar-refractivity contribution is 0.0925. The van der Waals surface area contributed by atoms with E-state index >= 15 is 0 Å². The van der Waals surface area contributed by atoms with E-state index in [2.05, 4.69) is 10.0 Å². The number of rotatable bonds is 8. The second-order valence-corrected chi connectivity index (χ2v) is 9.07. The van der Waals surface area contributed by atoms with Crippen LogP contribution in [-0.2, 0) is 10.0 Å². The molecule has 0 saturated heterocycles. The van der Waals surface area contributed by atoms with Crippen molar-refractivity contribution in [1.29, 1.82) is 0 Å². The smallest absolute Gasteiger partial charge is 0.251 e. The van der Waals surface area contributed by atoms with Gasteiger partial charge in [0, 0.05) is 11.6 Å². The largest absolute Gasteiger partial charge is 0.495 e. The molecule has 6 nitrogen and oxygen atoms in total. The van der Waals surface area contributed by atoms with Crippen LogP contribution in [0.4, 0.5) is 4.39 Å². The molecule has 2 aromatic rings. The Morgan fingerprint density at radius 1 is 1.03 bits per heavy atom. The van der Waals surface area contributed by atoms with Crippen LogP contribution in [0.25, 0.3) is 0 Å². The molecule has 0 fully saturated rings. The highest BCUT2D eigenvalue weighted by Gasteiger charge is 2.24. The summed E-state index contributed by atoms with van der Waals surface area (Å²) in [6.45, 7) is 7.28. The van der Waals surface area contributed by atoms with Gasteiger partial charge in [-0.1, -0.05) is 26.0 Å². The first kappa shape index (κ1) is 22.8. The fraction of sp³-hybridized carbons (Fsp3) is 0.381.